The first kappa shape index (κ1) is 12.6. The van der Waals surface area contributed by atoms with E-state index in [1.54, 1.807) is 18.2 Å². The standard InChI is InChI=1S/C14H10O5/c15-10-4-1-9(2-5-10)3-6-12-7-11(16)8-13(19-12)14(17)18/h1-8,15H,(H,17,18)/b6-3+. The smallest absolute Gasteiger partial charge is 0.371 e. The van der Waals surface area contributed by atoms with Crippen LogP contribution >= 0.6 is 0 Å². The van der Waals surface area contributed by atoms with Crippen molar-refractivity contribution in [3.05, 3.63) is 63.7 Å². The fourth-order valence-corrected chi connectivity index (χ4v) is 1.45. The Bertz CT molecular complexity index is 680. The van der Waals surface area contributed by atoms with Crippen LogP contribution < -0.4 is 5.43 Å². The van der Waals surface area contributed by atoms with Gasteiger partial charge in [0.15, 0.2) is 5.43 Å². The summed E-state index contributed by atoms with van der Waals surface area (Å²) in [7, 11) is 0. The number of rotatable bonds is 3. The third kappa shape index (κ3) is 3.32. The Kier molecular flexibility index (Phi) is 3.47. The van der Waals surface area contributed by atoms with Crippen LogP contribution in [0.2, 0.25) is 0 Å². The highest BCUT2D eigenvalue weighted by molar-refractivity contribution is 5.84. The number of phenols is 1. The largest absolute Gasteiger partial charge is 0.508 e. The van der Waals surface area contributed by atoms with Crippen LogP contribution in [0.25, 0.3) is 12.2 Å². The predicted octanol–water partition coefficient (Wildman–Crippen LogP) is 2.21. The third-order valence-corrected chi connectivity index (χ3v) is 2.33. The number of aromatic carboxylic acids is 1. The molecule has 0 bridgehead atoms. The number of carboxylic acids is 1. The van der Waals surface area contributed by atoms with Gasteiger partial charge in [-0.05, 0) is 23.8 Å². The van der Waals surface area contributed by atoms with Gasteiger partial charge in [0.2, 0.25) is 5.76 Å². The zero-order chi connectivity index (χ0) is 13.8. The van der Waals surface area contributed by atoms with Gasteiger partial charge in [-0.25, -0.2) is 4.79 Å². The maximum Gasteiger partial charge on any atom is 0.371 e. The topological polar surface area (TPSA) is 87.7 Å². The zero-order valence-electron chi connectivity index (χ0n) is 9.74. The molecule has 19 heavy (non-hydrogen) atoms. The highest BCUT2D eigenvalue weighted by Gasteiger charge is 2.07. The summed E-state index contributed by atoms with van der Waals surface area (Å²) in [5.41, 5.74) is 0.343. The molecule has 0 saturated heterocycles. The highest BCUT2D eigenvalue weighted by atomic mass is 16.4. The van der Waals surface area contributed by atoms with Gasteiger partial charge in [-0.1, -0.05) is 18.2 Å². The lowest BCUT2D eigenvalue weighted by atomic mass is 10.2. The summed E-state index contributed by atoms with van der Waals surface area (Å²) < 4.78 is 5.03. The lowest BCUT2D eigenvalue weighted by Crippen LogP contribution is -2.05. The van der Waals surface area contributed by atoms with Crippen molar-refractivity contribution >= 4 is 18.1 Å². The average Bonchev–Trinajstić information content (AvgIpc) is 2.37. The van der Waals surface area contributed by atoms with E-state index in [1.807, 2.05) is 0 Å². The molecule has 2 rings (SSSR count). The number of carboxylic acid groups (broad SMARTS) is 1. The number of benzene rings is 1. The molecule has 1 aromatic carbocycles. The summed E-state index contributed by atoms with van der Waals surface area (Å²) in [5.74, 6) is -1.40. The van der Waals surface area contributed by atoms with E-state index >= 15 is 0 Å². The second-order valence-electron chi connectivity index (χ2n) is 3.79. The van der Waals surface area contributed by atoms with E-state index < -0.39 is 17.2 Å². The molecule has 0 radical (unpaired) electrons. The molecule has 0 aliphatic rings. The average molecular weight is 258 g/mol. The molecule has 96 valence electrons. The minimum atomic E-state index is -1.29. The second-order valence-corrected chi connectivity index (χ2v) is 3.79. The van der Waals surface area contributed by atoms with E-state index in [0.29, 0.717) is 0 Å². The second kappa shape index (κ2) is 5.22. The summed E-state index contributed by atoms with van der Waals surface area (Å²) >= 11 is 0. The predicted molar refractivity (Wildman–Crippen MR) is 69.0 cm³/mol. The molecule has 1 heterocycles. The molecule has 0 spiro atoms. The van der Waals surface area contributed by atoms with E-state index in [4.69, 9.17) is 14.6 Å². The molecular formula is C14H10O5. The van der Waals surface area contributed by atoms with Crippen LogP contribution in [0.4, 0.5) is 0 Å². The molecular weight excluding hydrogens is 248 g/mol. The molecule has 0 unspecified atom stereocenters. The SMILES string of the molecule is O=C(O)c1cc(=O)cc(/C=C/c2ccc(O)cc2)o1. The maximum absolute atomic E-state index is 11.3. The Morgan fingerprint density at radius 3 is 2.42 bits per heavy atom. The quantitative estimate of drug-likeness (QED) is 0.881. The Morgan fingerprint density at radius 1 is 1.11 bits per heavy atom. The molecule has 2 N–H and O–H groups in total. The van der Waals surface area contributed by atoms with Gasteiger partial charge in [-0.3, -0.25) is 4.79 Å². The molecule has 5 heteroatoms. The minimum Gasteiger partial charge on any atom is -0.508 e. The lowest BCUT2D eigenvalue weighted by molar-refractivity contribution is 0.0659. The molecule has 0 saturated carbocycles. The molecule has 0 fully saturated rings. The van der Waals surface area contributed by atoms with E-state index in [2.05, 4.69) is 0 Å². The van der Waals surface area contributed by atoms with Gasteiger partial charge >= 0.3 is 5.97 Å². The van der Waals surface area contributed by atoms with Crippen molar-refractivity contribution in [1.29, 1.82) is 0 Å². The van der Waals surface area contributed by atoms with E-state index in [1.165, 1.54) is 24.3 Å². The van der Waals surface area contributed by atoms with Gasteiger partial charge < -0.3 is 14.6 Å². The maximum atomic E-state index is 11.3. The van der Waals surface area contributed by atoms with Crippen LogP contribution in [0.3, 0.4) is 0 Å². The van der Waals surface area contributed by atoms with Crippen molar-refractivity contribution in [3.8, 4) is 5.75 Å². The van der Waals surface area contributed by atoms with Crippen molar-refractivity contribution in [1.82, 2.24) is 0 Å². The molecule has 0 aliphatic heterocycles. The molecule has 0 atom stereocenters. The summed E-state index contributed by atoms with van der Waals surface area (Å²) in [6.45, 7) is 0. The fraction of sp³-hybridized carbons (Fsp3) is 0. The molecule has 1 aromatic heterocycles. The first-order valence-corrected chi connectivity index (χ1v) is 5.40. The van der Waals surface area contributed by atoms with Crippen LogP contribution in [0.1, 0.15) is 21.9 Å². The zero-order valence-corrected chi connectivity index (χ0v) is 9.74. The lowest BCUT2D eigenvalue weighted by Gasteiger charge is -1.97. The highest BCUT2D eigenvalue weighted by Crippen LogP contribution is 2.13. The van der Waals surface area contributed by atoms with Crippen molar-refractivity contribution < 1.29 is 19.4 Å². The first-order chi connectivity index (χ1) is 9.04. The normalized spacial score (nSPS) is 10.7. The Hall–Kier alpha value is -2.82. The van der Waals surface area contributed by atoms with Crippen LogP contribution in [-0.2, 0) is 0 Å². The number of phenolic OH excluding ortho intramolecular Hbond substituents is 1. The van der Waals surface area contributed by atoms with Crippen molar-refractivity contribution in [2.75, 3.05) is 0 Å². The van der Waals surface area contributed by atoms with Gasteiger partial charge in [0, 0.05) is 12.1 Å². The van der Waals surface area contributed by atoms with Gasteiger partial charge in [-0.2, -0.15) is 0 Å². The van der Waals surface area contributed by atoms with Crippen LogP contribution in [0, 0.1) is 0 Å². The van der Waals surface area contributed by atoms with Crippen molar-refractivity contribution in [2.24, 2.45) is 0 Å². The monoisotopic (exact) mass is 258 g/mol. The summed E-state index contributed by atoms with van der Waals surface area (Å²) in [4.78, 5) is 22.0. The van der Waals surface area contributed by atoms with E-state index in [9.17, 15) is 9.59 Å². The first-order valence-electron chi connectivity index (χ1n) is 5.40. The molecule has 2 aromatic rings. The molecule has 0 amide bonds. The third-order valence-electron chi connectivity index (χ3n) is 2.33. The van der Waals surface area contributed by atoms with Crippen molar-refractivity contribution in [2.45, 2.75) is 0 Å². The Labute approximate surface area is 108 Å². The summed E-state index contributed by atoms with van der Waals surface area (Å²) in [6.07, 6.45) is 3.13. The van der Waals surface area contributed by atoms with Gasteiger partial charge in [0.1, 0.15) is 11.5 Å². The van der Waals surface area contributed by atoms with Gasteiger partial charge in [0.05, 0.1) is 0 Å². The van der Waals surface area contributed by atoms with Gasteiger partial charge in [0.25, 0.3) is 0 Å². The van der Waals surface area contributed by atoms with Crippen LogP contribution in [0.5, 0.6) is 5.75 Å². The molecule has 5 nitrogen and oxygen atoms in total. The van der Waals surface area contributed by atoms with Crippen molar-refractivity contribution in [3.63, 3.8) is 0 Å². The van der Waals surface area contributed by atoms with Crippen LogP contribution in [0.15, 0.2) is 45.6 Å². The number of carbonyl (C=O) groups is 1. The number of hydrogen-bond acceptors (Lipinski definition) is 4. The van der Waals surface area contributed by atoms with Gasteiger partial charge in [-0.15, -0.1) is 0 Å². The van der Waals surface area contributed by atoms with E-state index in [-0.39, 0.29) is 11.5 Å². The minimum absolute atomic E-state index is 0.150. The summed E-state index contributed by atoms with van der Waals surface area (Å²) in [5, 5.41) is 17.9. The number of aromatic hydroxyl groups is 1. The number of hydrogen-bond donors (Lipinski definition) is 2. The fourth-order valence-electron chi connectivity index (χ4n) is 1.45. The Balaban J connectivity index is 2.30. The van der Waals surface area contributed by atoms with E-state index in [0.717, 1.165) is 11.6 Å². The Morgan fingerprint density at radius 2 is 1.79 bits per heavy atom. The van der Waals surface area contributed by atoms with Crippen LogP contribution in [-0.4, -0.2) is 16.2 Å². The summed E-state index contributed by atoms with van der Waals surface area (Å²) in [6, 6.07) is 8.49. The molecule has 0 aliphatic carbocycles.